The average Bonchev–Trinajstić information content (AvgIpc) is 2.68. The highest BCUT2D eigenvalue weighted by Gasteiger charge is 2.21. The van der Waals surface area contributed by atoms with E-state index in [0.717, 1.165) is 19.5 Å². The first kappa shape index (κ1) is 20.3. The van der Waals surface area contributed by atoms with Crippen LogP contribution in [0.1, 0.15) is 26.1 Å². The molecule has 1 aromatic heterocycles. The molecule has 1 saturated heterocycles. The fourth-order valence-electron chi connectivity index (χ4n) is 3.23. The minimum Gasteiger partial charge on any atom is -0.379 e. The highest BCUT2D eigenvalue weighted by Crippen LogP contribution is 2.09. The lowest BCUT2D eigenvalue weighted by Crippen LogP contribution is -2.51. The number of carbonyl (C=O) groups excluding carboxylic acids is 1. The molecule has 1 aliphatic heterocycles. The van der Waals surface area contributed by atoms with Gasteiger partial charge in [0.25, 0.3) is 5.56 Å². The Balaban J connectivity index is 1.44. The normalized spacial score (nSPS) is 15.3. The van der Waals surface area contributed by atoms with Crippen LogP contribution >= 0.6 is 0 Å². The van der Waals surface area contributed by atoms with Crippen molar-refractivity contribution in [3.8, 4) is 0 Å². The van der Waals surface area contributed by atoms with Crippen molar-refractivity contribution in [2.45, 2.75) is 32.9 Å². The first-order valence-electron chi connectivity index (χ1n) is 9.87. The number of ether oxygens (including phenoxy) is 1. The van der Waals surface area contributed by atoms with Gasteiger partial charge in [-0.1, -0.05) is 12.1 Å². The van der Waals surface area contributed by atoms with Crippen LogP contribution in [0.2, 0.25) is 0 Å². The summed E-state index contributed by atoms with van der Waals surface area (Å²) in [6.45, 7) is 8.67. The Morgan fingerprint density at radius 1 is 1.25 bits per heavy atom. The number of nitrogens with one attached hydrogen (secondary N) is 2. The number of H-pyrrole nitrogens is 1. The zero-order chi connectivity index (χ0) is 19.9. The molecule has 0 radical (unpaired) electrons. The van der Waals surface area contributed by atoms with Crippen LogP contribution in [-0.4, -0.2) is 71.2 Å². The van der Waals surface area contributed by atoms with E-state index >= 15 is 0 Å². The average molecular weight is 387 g/mol. The van der Waals surface area contributed by atoms with Crippen molar-refractivity contribution >= 4 is 16.9 Å². The molecule has 0 aliphatic carbocycles. The molecule has 3 rings (SSSR count). The van der Waals surface area contributed by atoms with Gasteiger partial charge in [-0.25, -0.2) is 9.78 Å². The lowest BCUT2D eigenvalue weighted by Gasteiger charge is -2.34. The monoisotopic (exact) mass is 387 g/mol. The maximum atomic E-state index is 12.2. The zero-order valence-corrected chi connectivity index (χ0v) is 16.6. The second kappa shape index (κ2) is 9.66. The van der Waals surface area contributed by atoms with Gasteiger partial charge in [0.2, 0.25) is 0 Å². The number of urea groups is 1. The van der Waals surface area contributed by atoms with Gasteiger partial charge in [-0.3, -0.25) is 9.69 Å². The standard InChI is InChI=1S/C20H29N5O3/c1-15(2)28-13-5-8-21-20(27)25-11-9-24(10-12-25)14-18-22-17-7-4-3-6-16(17)19(26)23-18/h3-4,6-7,15H,5,8-14H2,1-2H3,(H,21,27)(H,22,23,26). The second-order valence-electron chi connectivity index (χ2n) is 7.30. The maximum absolute atomic E-state index is 12.2. The third kappa shape index (κ3) is 5.53. The van der Waals surface area contributed by atoms with E-state index in [1.165, 1.54) is 0 Å². The van der Waals surface area contributed by atoms with Crippen LogP contribution in [0, 0.1) is 0 Å². The molecule has 0 saturated carbocycles. The molecule has 0 unspecified atom stereocenters. The summed E-state index contributed by atoms with van der Waals surface area (Å²) in [6.07, 6.45) is 1.03. The number of carbonyl (C=O) groups is 1. The molecule has 1 aliphatic rings. The van der Waals surface area contributed by atoms with Gasteiger partial charge in [0, 0.05) is 39.3 Å². The molecule has 2 heterocycles. The van der Waals surface area contributed by atoms with E-state index in [2.05, 4.69) is 20.2 Å². The molecule has 2 aromatic rings. The van der Waals surface area contributed by atoms with Crippen molar-refractivity contribution < 1.29 is 9.53 Å². The fourth-order valence-corrected chi connectivity index (χ4v) is 3.23. The van der Waals surface area contributed by atoms with Crippen molar-refractivity contribution in [3.63, 3.8) is 0 Å². The summed E-state index contributed by atoms with van der Waals surface area (Å²) in [5.41, 5.74) is 0.598. The van der Waals surface area contributed by atoms with Crippen molar-refractivity contribution in [1.82, 2.24) is 25.1 Å². The number of aromatic amines is 1. The number of para-hydroxylation sites is 1. The van der Waals surface area contributed by atoms with Gasteiger partial charge in [0.05, 0.1) is 23.6 Å². The van der Waals surface area contributed by atoms with E-state index in [0.29, 0.717) is 49.5 Å². The predicted molar refractivity (Wildman–Crippen MR) is 108 cm³/mol. The van der Waals surface area contributed by atoms with Gasteiger partial charge in [0.15, 0.2) is 0 Å². The van der Waals surface area contributed by atoms with Crippen molar-refractivity contribution in [3.05, 3.63) is 40.4 Å². The summed E-state index contributed by atoms with van der Waals surface area (Å²) in [5.74, 6) is 0.659. The summed E-state index contributed by atoms with van der Waals surface area (Å²) in [5, 5.41) is 3.55. The summed E-state index contributed by atoms with van der Waals surface area (Å²) < 4.78 is 5.47. The Labute approximate surface area is 164 Å². The van der Waals surface area contributed by atoms with Crippen molar-refractivity contribution in [2.75, 3.05) is 39.3 Å². The second-order valence-corrected chi connectivity index (χ2v) is 7.30. The predicted octanol–water partition coefficient (Wildman–Crippen LogP) is 1.57. The van der Waals surface area contributed by atoms with Crippen LogP contribution in [0.3, 0.4) is 0 Å². The number of piperazine rings is 1. The van der Waals surface area contributed by atoms with Gasteiger partial charge >= 0.3 is 6.03 Å². The van der Waals surface area contributed by atoms with Gasteiger partial charge < -0.3 is 19.9 Å². The number of rotatable bonds is 7. The maximum Gasteiger partial charge on any atom is 0.317 e. The third-order valence-electron chi connectivity index (χ3n) is 4.74. The summed E-state index contributed by atoms with van der Waals surface area (Å²) >= 11 is 0. The lowest BCUT2D eigenvalue weighted by atomic mass is 10.2. The largest absolute Gasteiger partial charge is 0.379 e. The van der Waals surface area contributed by atoms with Gasteiger partial charge in [0.1, 0.15) is 5.82 Å². The van der Waals surface area contributed by atoms with Crippen LogP contribution in [0.15, 0.2) is 29.1 Å². The Morgan fingerprint density at radius 3 is 2.75 bits per heavy atom. The molecule has 0 bridgehead atoms. The molecular formula is C20H29N5O3. The molecule has 8 nitrogen and oxygen atoms in total. The van der Waals surface area contributed by atoms with Crippen molar-refractivity contribution in [2.24, 2.45) is 0 Å². The van der Waals surface area contributed by atoms with Crippen LogP contribution in [0.4, 0.5) is 4.79 Å². The fraction of sp³-hybridized carbons (Fsp3) is 0.550. The Kier molecular flexibility index (Phi) is 7.00. The highest BCUT2D eigenvalue weighted by atomic mass is 16.5. The van der Waals surface area contributed by atoms with E-state index in [1.807, 2.05) is 36.9 Å². The number of hydrogen-bond donors (Lipinski definition) is 2. The minimum absolute atomic E-state index is 0.0264. The number of nitrogens with zero attached hydrogens (tertiary/aromatic N) is 3. The molecule has 2 N–H and O–H groups in total. The molecule has 0 atom stereocenters. The molecule has 0 spiro atoms. The first-order chi connectivity index (χ1) is 13.5. The number of benzene rings is 1. The Hall–Kier alpha value is -2.45. The van der Waals surface area contributed by atoms with Crippen molar-refractivity contribution in [1.29, 1.82) is 0 Å². The summed E-state index contributed by atoms with van der Waals surface area (Å²) in [4.78, 5) is 35.9. The van der Waals surface area contributed by atoms with E-state index in [9.17, 15) is 9.59 Å². The first-order valence-corrected chi connectivity index (χ1v) is 9.87. The summed E-state index contributed by atoms with van der Waals surface area (Å²) in [6, 6.07) is 7.31. The topological polar surface area (TPSA) is 90.6 Å². The quantitative estimate of drug-likeness (QED) is 0.704. The van der Waals surface area contributed by atoms with E-state index in [1.54, 1.807) is 6.07 Å². The van der Waals surface area contributed by atoms with E-state index < -0.39 is 0 Å². The molecule has 1 fully saturated rings. The Bertz CT molecular complexity index is 843. The van der Waals surface area contributed by atoms with Crippen LogP contribution in [0.25, 0.3) is 10.9 Å². The van der Waals surface area contributed by atoms with Crippen LogP contribution < -0.4 is 10.9 Å². The molecular weight excluding hydrogens is 358 g/mol. The van der Waals surface area contributed by atoms with E-state index in [4.69, 9.17) is 4.74 Å². The molecule has 1 aromatic carbocycles. The molecule has 2 amide bonds. The number of hydrogen-bond acceptors (Lipinski definition) is 5. The minimum atomic E-state index is -0.111. The summed E-state index contributed by atoms with van der Waals surface area (Å²) in [7, 11) is 0. The number of aromatic nitrogens is 2. The molecule has 152 valence electrons. The third-order valence-corrected chi connectivity index (χ3v) is 4.74. The van der Waals surface area contributed by atoms with E-state index in [-0.39, 0.29) is 17.7 Å². The SMILES string of the molecule is CC(C)OCCCNC(=O)N1CCN(Cc2nc3ccccc3c(=O)[nH]2)CC1. The molecule has 28 heavy (non-hydrogen) atoms. The molecule has 8 heteroatoms. The van der Waals surface area contributed by atoms with Crippen LogP contribution in [-0.2, 0) is 11.3 Å². The van der Waals surface area contributed by atoms with Crippen LogP contribution in [0.5, 0.6) is 0 Å². The lowest BCUT2D eigenvalue weighted by molar-refractivity contribution is 0.0768. The number of amides is 2. The van der Waals surface area contributed by atoms with Gasteiger partial charge in [-0.2, -0.15) is 0 Å². The van der Waals surface area contributed by atoms with Gasteiger partial charge in [-0.15, -0.1) is 0 Å². The van der Waals surface area contributed by atoms with Gasteiger partial charge in [-0.05, 0) is 32.4 Å². The number of fused-ring (bicyclic) bond motifs is 1. The zero-order valence-electron chi connectivity index (χ0n) is 16.6. The highest BCUT2D eigenvalue weighted by molar-refractivity contribution is 5.77. The smallest absolute Gasteiger partial charge is 0.317 e. The Morgan fingerprint density at radius 2 is 2.00 bits per heavy atom.